The van der Waals surface area contributed by atoms with Gasteiger partial charge >= 0.3 is 11.9 Å². The first-order valence-corrected chi connectivity index (χ1v) is 7.95. The molecule has 8 nitrogen and oxygen atoms in total. The van der Waals surface area contributed by atoms with Crippen LogP contribution in [-0.2, 0) is 23.9 Å². The van der Waals surface area contributed by atoms with Crippen LogP contribution in [0.3, 0.4) is 0 Å². The van der Waals surface area contributed by atoms with Crippen molar-refractivity contribution in [2.24, 2.45) is 11.8 Å². The number of methoxy groups -OCH3 is 3. The molecule has 142 valence electrons. The van der Waals surface area contributed by atoms with Crippen molar-refractivity contribution >= 4 is 17.7 Å². The van der Waals surface area contributed by atoms with Crippen LogP contribution in [0.2, 0.25) is 0 Å². The van der Waals surface area contributed by atoms with Crippen LogP contribution in [0, 0.1) is 11.8 Å². The maximum atomic E-state index is 12.6. The van der Waals surface area contributed by atoms with Crippen molar-refractivity contribution in [3.8, 4) is 11.5 Å². The Morgan fingerprint density at radius 3 is 2.31 bits per heavy atom. The van der Waals surface area contributed by atoms with Crippen molar-refractivity contribution in [3.63, 3.8) is 0 Å². The second-order valence-electron chi connectivity index (χ2n) is 6.46. The van der Waals surface area contributed by atoms with E-state index < -0.39 is 47.5 Å². The first-order valence-electron chi connectivity index (χ1n) is 7.95. The number of hydrogen-bond donors (Lipinski definition) is 2. The first kappa shape index (κ1) is 19.7. The van der Waals surface area contributed by atoms with Crippen molar-refractivity contribution in [2.45, 2.75) is 24.9 Å². The standard InChI is InChI=1S/C18H22O8/c1-18(23)8-11(20)14(16(21)25-3)13(15(18)17(22)26-4)9-5-6-10(19)12(7-9)24-2/h5-7,13-15,19,23H,8H2,1-4H3. The number of benzene rings is 1. The summed E-state index contributed by atoms with van der Waals surface area (Å²) in [4.78, 5) is 37.3. The lowest BCUT2D eigenvalue weighted by Gasteiger charge is -2.43. The quantitative estimate of drug-likeness (QED) is 0.593. The monoisotopic (exact) mass is 366 g/mol. The Bertz CT molecular complexity index is 724. The fourth-order valence-corrected chi connectivity index (χ4v) is 3.57. The molecular formula is C18H22O8. The molecule has 0 radical (unpaired) electrons. The molecule has 4 atom stereocenters. The zero-order chi connectivity index (χ0) is 19.6. The van der Waals surface area contributed by atoms with Gasteiger partial charge in [0.15, 0.2) is 17.3 Å². The minimum absolute atomic E-state index is 0.104. The molecule has 0 aromatic heterocycles. The molecule has 0 bridgehead atoms. The van der Waals surface area contributed by atoms with E-state index in [4.69, 9.17) is 14.2 Å². The highest BCUT2D eigenvalue weighted by Gasteiger charge is 2.57. The Morgan fingerprint density at radius 2 is 1.77 bits per heavy atom. The van der Waals surface area contributed by atoms with E-state index in [1.54, 1.807) is 0 Å². The summed E-state index contributed by atoms with van der Waals surface area (Å²) in [5.41, 5.74) is -1.36. The number of ketones is 1. The van der Waals surface area contributed by atoms with Gasteiger partial charge in [-0.3, -0.25) is 14.4 Å². The third-order valence-electron chi connectivity index (χ3n) is 4.77. The molecule has 0 saturated heterocycles. The van der Waals surface area contributed by atoms with E-state index in [1.807, 2.05) is 0 Å². The molecule has 1 aromatic rings. The number of Topliss-reactive ketones (excluding diaryl/α,β-unsaturated/α-hetero) is 1. The fourth-order valence-electron chi connectivity index (χ4n) is 3.57. The summed E-state index contributed by atoms with van der Waals surface area (Å²) < 4.78 is 14.6. The highest BCUT2D eigenvalue weighted by molar-refractivity contribution is 6.02. The summed E-state index contributed by atoms with van der Waals surface area (Å²) >= 11 is 0. The fraction of sp³-hybridized carbons (Fsp3) is 0.500. The summed E-state index contributed by atoms with van der Waals surface area (Å²) in [5, 5.41) is 20.5. The van der Waals surface area contributed by atoms with Gasteiger partial charge in [-0.1, -0.05) is 6.07 Å². The lowest BCUT2D eigenvalue weighted by Crippen LogP contribution is -2.55. The second kappa shape index (κ2) is 7.33. The average molecular weight is 366 g/mol. The molecule has 2 N–H and O–H groups in total. The molecule has 0 amide bonds. The second-order valence-corrected chi connectivity index (χ2v) is 6.46. The van der Waals surface area contributed by atoms with Crippen LogP contribution in [0.1, 0.15) is 24.8 Å². The predicted molar refractivity (Wildman–Crippen MR) is 88.7 cm³/mol. The van der Waals surface area contributed by atoms with Gasteiger partial charge in [0.1, 0.15) is 5.92 Å². The van der Waals surface area contributed by atoms with E-state index in [9.17, 15) is 24.6 Å². The van der Waals surface area contributed by atoms with Crippen LogP contribution >= 0.6 is 0 Å². The average Bonchev–Trinajstić information content (AvgIpc) is 2.59. The number of ether oxygens (including phenoxy) is 3. The maximum Gasteiger partial charge on any atom is 0.316 e. The Balaban J connectivity index is 2.69. The maximum absolute atomic E-state index is 12.6. The molecular weight excluding hydrogens is 344 g/mol. The van der Waals surface area contributed by atoms with Crippen LogP contribution in [0.15, 0.2) is 18.2 Å². The summed E-state index contributed by atoms with van der Waals surface area (Å²) in [6.45, 7) is 1.35. The largest absolute Gasteiger partial charge is 0.504 e. The van der Waals surface area contributed by atoms with Gasteiger partial charge in [-0.25, -0.2) is 0 Å². The Kier molecular flexibility index (Phi) is 5.56. The topological polar surface area (TPSA) is 119 Å². The third kappa shape index (κ3) is 3.37. The van der Waals surface area contributed by atoms with Crippen LogP contribution in [0.5, 0.6) is 11.5 Å². The number of aromatic hydroxyl groups is 1. The minimum Gasteiger partial charge on any atom is -0.504 e. The van der Waals surface area contributed by atoms with E-state index in [-0.39, 0.29) is 11.5 Å². The van der Waals surface area contributed by atoms with E-state index in [0.29, 0.717) is 5.56 Å². The van der Waals surface area contributed by atoms with Crippen LogP contribution in [0.25, 0.3) is 0 Å². The molecule has 26 heavy (non-hydrogen) atoms. The first-order chi connectivity index (χ1) is 12.2. The van der Waals surface area contributed by atoms with Crippen molar-refractivity contribution in [1.29, 1.82) is 0 Å². The number of rotatable bonds is 4. The summed E-state index contributed by atoms with van der Waals surface area (Å²) in [6.07, 6.45) is -0.391. The number of phenols is 1. The van der Waals surface area contributed by atoms with E-state index in [1.165, 1.54) is 32.2 Å². The number of esters is 2. The molecule has 1 fully saturated rings. The smallest absolute Gasteiger partial charge is 0.316 e. The zero-order valence-electron chi connectivity index (χ0n) is 15.0. The van der Waals surface area contributed by atoms with Gasteiger partial charge in [0.2, 0.25) is 0 Å². The van der Waals surface area contributed by atoms with Gasteiger partial charge < -0.3 is 24.4 Å². The van der Waals surface area contributed by atoms with Crippen molar-refractivity contribution in [2.75, 3.05) is 21.3 Å². The van der Waals surface area contributed by atoms with Gasteiger partial charge in [-0.05, 0) is 24.6 Å². The SMILES string of the molecule is COC(=O)C1C(=O)CC(C)(O)C(C(=O)OC)C1c1ccc(O)c(OC)c1. The Hall–Kier alpha value is -2.61. The molecule has 0 aliphatic heterocycles. The third-order valence-corrected chi connectivity index (χ3v) is 4.77. The molecule has 1 aliphatic carbocycles. The summed E-state index contributed by atoms with van der Waals surface area (Å²) in [6, 6.07) is 4.20. The molecule has 0 heterocycles. The molecule has 1 aliphatic rings. The molecule has 1 aromatic carbocycles. The summed E-state index contributed by atoms with van der Waals surface area (Å²) in [7, 11) is 3.65. The van der Waals surface area contributed by atoms with Crippen LogP contribution in [0.4, 0.5) is 0 Å². The summed E-state index contributed by atoms with van der Waals surface area (Å²) in [5.74, 6) is -5.67. The Morgan fingerprint density at radius 1 is 1.15 bits per heavy atom. The van der Waals surface area contributed by atoms with Gasteiger partial charge in [0.25, 0.3) is 0 Å². The number of carbonyl (C=O) groups is 3. The number of phenolic OH excluding ortho intramolecular Hbond substituents is 1. The molecule has 2 rings (SSSR count). The molecule has 8 heteroatoms. The van der Waals surface area contributed by atoms with E-state index in [0.717, 1.165) is 14.2 Å². The lowest BCUT2D eigenvalue weighted by molar-refractivity contribution is -0.170. The van der Waals surface area contributed by atoms with Crippen molar-refractivity contribution < 1.29 is 38.8 Å². The molecule has 4 unspecified atom stereocenters. The Labute approximate surface area is 150 Å². The van der Waals surface area contributed by atoms with E-state index >= 15 is 0 Å². The van der Waals surface area contributed by atoms with Crippen LogP contribution < -0.4 is 4.74 Å². The molecule has 1 saturated carbocycles. The van der Waals surface area contributed by atoms with Gasteiger partial charge in [-0.2, -0.15) is 0 Å². The molecule has 0 spiro atoms. The van der Waals surface area contributed by atoms with Crippen molar-refractivity contribution in [3.05, 3.63) is 23.8 Å². The zero-order valence-corrected chi connectivity index (χ0v) is 15.0. The predicted octanol–water partition coefficient (Wildman–Crippen LogP) is 0.787. The van der Waals surface area contributed by atoms with Gasteiger partial charge in [0, 0.05) is 12.3 Å². The van der Waals surface area contributed by atoms with E-state index in [2.05, 4.69) is 0 Å². The number of carbonyl (C=O) groups excluding carboxylic acids is 3. The lowest BCUT2D eigenvalue weighted by atomic mass is 9.61. The highest BCUT2D eigenvalue weighted by atomic mass is 16.5. The van der Waals surface area contributed by atoms with Gasteiger partial charge in [0.05, 0.1) is 32.8 Å². The number of hydrogen-bond acceptors (Lipinski definition) is 8. The normalized spacial score (nSPS) is 28.3. The van der Waals surface area contributed by atoms with Crippen LogP contribution in [-0.4, -0.2) is 54.9 Å². The minimum atomic E-state index is -1.72. The number of aliphatic hydroxyl groups is 1. The van der Waals surface area contributed by atoms with Gasteiger partial charge in [-0.15, -0.1) is 0 Å². The van der Waals surface area contributed by atoms with Crippen molar-refractivity contribution in [1.82, 2.24) is 0 Å². The highest BCUT2D eigenvalue weighted by Crippen LogP contribution is 2.47.